The van der Waals surface area contributed by atoms with Gasteiger partial charge < -0.3 is 5.32 Å². The van der Waals surface area contributed by atoms with Crippen LogP contribution in [0, 0.1) is 6.92 Å². The van der Waals surface area contributed by atoms with Crippen LogP contribution in [0.25, 0.3) is 16.9 Å². The van der Waals surface area contributed by atoms with E-state index in [9.17, 15) is 13.2 Å². The molecule has 1 N–H and O–H groups in total. The minimum absolute atomic E-state index is 0.608. The quantitative estimate of drug-likeness (QED) is 0.722. The Balaban J connectivity index is 1.79. The van der Waals surface area contributed by atoms with E-state index < -0.39 is 11.7 Å². The van der Waals surface area contributed by atoms with Crippen molar-refractivity contribution in [2.45, 2.75) is 19.5 Å². The van der Waals surface area contributed by atoms with E-state index in [1.165, 1.54) is 17.7 Å². The summed E-state index contributed by atoms with van der Waals surface area (Å²) in [7, 11) is 0. The Morgan fingerprint density at radius 3 is 2.32 bits per heavy atom. The van der Waals surface area contributed by atoms with Crippen LogP contribution < -0.4 is 5.32 Å². The number of hydrogen-bond donors (Lipinski definition) is 1. The van der Waals surface area contributed by atoms with Crippen LogP contribution in [-0.2, 0) is 12.6 Å². The minimum Gasteiger partial charge on any atom is -0.369 e. The fourth-order valence-electron chi connectivity index (χ4n) is 3.10. The second-order valence-electron chi connectivity index (χ2n) is 6.18. The lowest BCUT2D eigenvalue weighted by atomic mass is 10.1. The Morgan fingerprint density at radius 2 is 1.68 bits per heavy atom. The molecule has 2 heterocycles. The summed E-state index contributed by atoms with van der Waals surface area (Å²) < 4.78 is 40.0. The molecule has 0 bridgehead atoms. The van der Waals surface area contributed by atoms with Crippen molar-refractivity contribution in [3.63, 3.8) is 0 Å². The smallest absolute Gasteiger partial charge is 0.369 e. The number of benzene rings is 2. The Hall–Kier alpha value is -2.76. The summed E-state index contributed by atoms with van der Waals surface area (Å²) in [4.78, 5) is 0. The van der Waals surface area contributed by atoms with E-state index in [1.807, 2.05) is 31.2 Å². The van der Waals surface area contributed by atoms with Crippen molar-refractivity contribution >= 4 is 5.82 Å². The molecule has 0 radical (unpaired) electrons. The number of fused-ring (bicyclic) bond motifs is 1. The predicted octanol–water partition coefficient (Wildman–Crippen LogP) is 4.83. The summed E-state index contributed by atoms with van der Waals surface area (Å²) >= 11 is 0. The second kappa shape index (κ2) is 5.65. The number of hydrogen-bond acceptors (Lipinski definition) is 2. The molecule has 0 unspecified atom stereocenters. The zero-order valence-electron chi connectivity index (χ0n) is 13.6. The van der Waals surface area contributed by atoms with Crippen LogP contribution in [0.4, 0.5) is 19.0 Å². The summed E-state index contributed by atoms with van der Waals surface area (Å²) in [5.41, 5.74) is 4.10. The Morgan fingerprint density at radius 1 is 1.00 bits per heavy atom. The van der Waals surface area contributed by atoms with Crippen molar-refractivity contribution in [3.8, 4) is 16.9 Å². The molecule has 0 fully saturated rings. The van der Waals surface area contributed by atoms with Gasteiger partial charge in [-0.15, -0.1) is 0 Å². The summed E-state index contributed by atoms with van der Waals surface area (Å²) in [5.74, 6) is 0.857. The van der Waals surface area contributed by atoms with E-state index in [4.69, 9.17) is 0 Å². The Bertz CT molecular complexity index is 907. The number of alkyl halides is 3. The molecule has 2 aromatic carbocycles. The molecular formula is C19H16F3N3. The highest BCUT2D eigenvalue weighted by atomic mass is 19.4. The van der Waals surface area contributed by atoms with Crippen molar-refractivity contribution in [1.29, 1.82) is 0 Å². The van der Waals surface area contributed by atoms with Crippen LogP contribution in [0.2, 0.25) is 0 Å². The molecule has 25 heavy (non-hydrogen) atoms. The van der Waals surface area contributed by atoms with Gasteiger partial charge in [0.25, 0.3) is 0 Å². The van der Waals surface area contributed by atoms with Gasteiger partial charge >= 0.3 is 6.18 Å². The third-order valence-electron chi connectivity index (χ3n) is 4.42. The maximum atomic E-state index is 12.8. The third-order valence-corrected chi connectivity index (χ3v) is 4.42. The van der Waals surface area contributed by atoms with Gasteiger partial charge in [0.1, 0.15) is 5.82 Å². The fraction of sp³-hybridized carbons (Fsp3) is 0.211. The summed E-state index contributed by atoms with van der Waals surface area (Å²) in [6.07, 6.45) is -3.49. The molecule has 0 aliphatic carbocycles. The first-order valence-electron chi connectivity index (χ1n) is 8.04. The van der Waals surface area contributed by atoms with Gasteiger partial charge in [0, 0.05) is 17.7 Å². The van der Waals surface area contributed by atoms with Gasteiger partial charge in [0.2, 0.25) is 0 Å². The molecule has 0 saturated carbocycles. The number of rotatable bonds is 2. The van der Waals surface area contributed by atoms with Gasteiger partial charge in [-0.2, -0.15) is 18.3 Å². The first kappa shape index (κ1) is 15.7. The van der Waals surface area contributed by atoms with E-state index in [0.29, 0.717) is 5.69 Å². The molecule has 1 aromatic heterocycles. The first-order valence-corrected chi connectivity index (χ1v) is 8.04. The number of aryl methyl sites for hydroxylation is 1. The lowest BCUT2D eigenvalue weighted by Gasteiger charge is -2.09. The fourth-order valence-corrected chi connectivity index (χ4v) is 3.10. The topological polar surface area (TPSA) is 29.9 Å². The lowest BCUT2D eigenvalue weighted by Crippen LogP contribution is -2.07. The monoisotopic (exact) mass is 343 g/mol. The molecule has 6 heteroatoms. The number of nitrogens with zero attached hydrogens (tertiary/aromatic N) is 2. The van der Waals surface area contributed by atoms with Gasteiger partial charge in [-0.05, 0) is 37.6 Å². The molecular weight excluding hydrogens is 327 g/mol. The molecule has 1 aliphatic heterocycles. The zero-order valence-corrected chi connectivity index (χ0v) is 13.6. The summed E-state index contributed by atoms with van der Waals surface area (Å²) in [6.45, 7) is 2.82. The van der Waals surface area contributed by atoms with Gasteiger partial charge in [-0.1, -0.05) is 29.8 Å². The number of halogens is 3. The van der Waals surface area contributed by atoms with Crippen LogP contribution in [0.5, 0.6) is 0 Å². The normalized spacial score (nSPS) is 13.6. The minimum atomic E-state index is -4.34. The summed E-state index contributed by atoms with van der Waals surface area (Å²) in [5, 5.41) is 7.96. The van der Waals surface area contributed by atoms with E-state index in [-0.39, 0.29) is 0 Å². The van der Waals surface area contributed by atoms with Crippen molar-refractivity contribution in [2.24, 2.45) is 0 Å². The van der Waals surface area contributed by atoms with E-state index in [1.54, 1.807) is 4.68 Å². The average molecular weight is 343 g/mol. The Kier molecular flexibility index (Phi) is 3.56. The molecule has 0 amide bonds. The first-order chi connectivity index (χ1) is 11.9. The van der Waals surface area contributed by atoms with E-state index in [2.05, 4.69) is 10.4 Å². The maximum absolute atomic E-state index is 12.8. The Labute approximate surface area is 143 Å². The molecule has 4 rings (SSSR count). The van der Waals surface area contributed by atoms with Crippen LogP contribution in [0.15, 0.2) is 48.5 Å². The standard InChI is InChI=1S/C19H16F3N3/c1-12-2-4-13(5-3-12)17-16-10-11-23-18(16)25(24-17)15-8-6-14(7-9-15)19(20,21)22/h2-9,23H,10-11H2,1H3. The summed E-state index contributed by atoms with van der Waals surface area (Å²) in [6, 6.07) is 13.2. The SMILES string of the molecule is Cc1ccc(-c2nn(-c3ccc(C(F)(F)F)cc3)c3c2CCN3)cc1. The molecule has 1 aliphatic rings. The average Bonchev–Trinajstić information content (AvgIpc) is 3.17. The molecule has 0 spiro atoms. The molecule has 3 aromatic rings. The van der Waals surface area contributed by atoms with Crippen LogP contribution in [-0.4, -0.2) is 16.3 Å². The molecule has 128 valence electrons. The molecule has 0 atom stereocenters. The lowest BCUT2D eigenvalue weighted by molar-refractivity contribution is -0.137. The van der Waals surface area contributed by atoms with Crippen LogP contribution >= 0.6 is 0 Å². The highest BCUT2D eigenvalue weighted by Gasteiger charge is 2.30. The van der Waals surface area contributed by atoms with Crippen LogP contribution in [0.3, 0.4) is 0 Å². The number of aromatic nitrogens is 2. The van der Waals surface area contributed by atoms with E-state index >= 15 is 0 Å². The third kappa shape index (κ3) is 2.77. The number of anilines is 1. The van der Waals surface area contributed by atoms with Gasteiger partial charge in [0.05, 0.1) is 16.9 Å². The van der Waals surface area contributed by atoms with Crippen LogP contribution in [0.1, 0.15) is 16.7 Å². The highest BCUT2D eigenvalue weighted by molar-refractivity contribution is 5.72. The van der Waals surface area contributed by atoms with E-state index in [0.717, 1.165) is 47.7 Å². The van der Waals surface area contributed by atoms with Crippen molar-refractivity contribution < 1.29 is 13.2 Å². The van der Waals surface area contributed by atoms with Gasteiger partial charge in [-0.3, -0.25) is 0 Å². The van der Waals surface area contributed by atoms with Gasteiger partial charge in [0.15, 0.2) is 0 Å². The predicted molar refractivity (Wildman–Crippen MR) is 90.9 cm³/mol. The second-order valence-corrected chi connectivity index (χ2v) is 6.18. The van der Waals surface area contributed by atoms with Crippen molar-refractivity contribution in [3.05, 3.63) is 65.2 Å². The zero-order chi connectivity index (χ0) is 17.6. The largest absolute Gasteiger partial charge is 0.416 e. The van der Waals surface area contributed by atoms with Crippen molar-refractivity contribution in [2.75, 3.05) is 11.9 Å². The van der Waals surface area contributed by atoms with Crippen molar-refractivity contribution in [1.82, 2.24) is 9.78 Å². The number of nitrogens with one attached hydrogen (secondary N) is 1. The molecule has 0 saturated heterocycles. The van der Waals surface area contributed by atoms with Gasteiger partial charge in [-0.25, -0.2) is 4.68 Å². The molecule has 3 nitrogen and oxygen atoms in total. The highest BCUT2D eigenvalue weighted by Crippen LogP contribution is 2.35. The maximum Gasteiger partial charge on any atom is 0.416 e.